The van der Waals surface area contributed by atoms with E-state index in [-0.39, 0.29) is 5.91 Å². The molecule has 1 fully saturated rings. The second-order valence-corrected chi connectivity index (χ2v) is 7.69. The molecule has 1 aliphatic heterocycles. The maximum Gasteiger partial charge on any atom is 0.253 e. The molecule has 6 heteroatoms. The number of nitrogens with one attached hydrogen (secondary N) is 1. The summed E-state index contributed by atoms with van der Waals surface area (Å²) in [6.45, 7) is 2.83. The Kier molecular flexibility index (Phi) is 5.74. The average Bonchev–Trinajstić information content (AvgIpc) is 3.35. The van der Waals surface area contributed by atoms with Gasteiger partial charge in [0.2, 0.25) is 0 Å². The van der Waals surface area contributed by atoms with Crippen LogP contribution in [0.25, 0.3) is 0 Å². The lowest BCUT2D eigenvalue weighted by atomic mass is 10.0. The summed E-state index contributed by atoms with van der Waals surface area (Å²) >= 11 is 0. The molecule has 29 heavy (non-hydrogen) atoms. The van der Waals surface area contributed by atoms with E-state index >= 15 is 0 Å². The van der Waals surface area contributed by atoms with E-state index in [0.717, 1.165) is 12.1 Å². The summed E-state index contributed by atoms with van der Waals surface area (Å²) in [4.78, 5) is 14.7. The van der Waals surface area contributed by atoms with Gasteiger partial charge in [-0.25, -0.2) is 0 Å². The highest BCUT2D eigenvalue weighted by Crippen LogP contribution is 2.23. The number of aliphatic hydroxyl groups is 1. The fourth-order valence-corrected chi connectivity index (χ4v) is 3.73. The molecule has 2 heterocycles. The molecule has 1 aliphatic rings. The maximum atomic E-state index is 12.6. The number of hydrogen-bond donors (Lipinski definition) is 2. The van der Waals surface area contributed by atoms with Gasteiger partial charge in [0.25, 0.3) is 5.91 Å². The monoisotopic (exact) mass is 390 g/mol. The van der Waals surface area contributed by atoms with Crippen molar-refractivity contribution in [1.82, 2.24) is 20.0 Å². The van der Waals surface area contributed by atoms with Crippen LogP contribution in [0.3, 0.4) is 0 Å². The molecule has 1 amide bonds. The van der Waals surface area contributed by atoms with Gasteiger partial charge in [0.05, 0.1) is 12.7 Å². The molecule has 0 aliphatic carbocycles. The highest BCUT2D eigenvalue weighted by Gasteiger charge is 2.42. The lowest BCUT2D eigenvalue weighted by molar-refractivity contribution is -0.138. The predicted octanol–water partition coefficient (Wildman–Crippen LogP) is 2.18. The molecule has 4 rings (SSSR count). The molecule has 150 valence electrons. The minimum absolute atomic E-state index is 0.316. The molecule has 0 spiro atoms. The van der Waals surface area contributed by atoms with Gasteiger partial charge in [-0.05, 0) is 17.5 Å². The molecule has 1 saturated heterocycles. The molecular weight excluding hydrogens is 364 g/mol. The summed E-state index contributed by atoms with van der Waals surface area (Å²) in [5, 5.41) is 18.0. The van der Waals surface area contributed by atoms with Crippen LogP contribution in [0.2, 0.25) is 0 Å². The molecule has 1 unspecified atom stereocenters. The van der Waals surface area contributed by atoms with Crippen molar-refractivity contribution in [3.63, 3.8) is 0 Å². The number of aromatic nitrogens is 2. The number of nitrogens with zero attached hydrogens (tertiary/aromatic N) is 3. The van der Waals surface area contributed by atoms with E-state index in [9.17, 15) is 9.90 Å². The first-order valence-electron chi connectivity index (χ1n) is 9.93. The first kappa shape index (κ1) is 19.4. The Hall–Kier alpha value is -2.96. The van der Waals surface area contributed by atoms with Gasteiger partial charge >= 0.3 is 0 Å². The van der Waals surface area contributed by atoms with Crippen LogP contribution < -0.4 is 5.32 Å². The van der Waals surface area contributed by atoms with Gasteiger partial charge in [0, 0.05) is 37.9 Å². The molecule has 1 atom stereocenters. The van der Waals surface area contributed by atoms with E-state index in [1.165, 1.54) is 11.1 Å². The zero-order valence-electron chi connectivity index (χ0n) is 16.4. The number of amides is 1. The van der Waals surface area contributed by atoms with Crippen molar-refractivity contribution in [2.75, 3.05) is 13.1 Å². The average molecular weight is 390 g/mol. The van der Waals surface area contributed by atoms with Crippen LogP contribution in [-0.4, -0.2) is 44.4 Å². The number of rotatable bonds is 7. The second kappa shape index (κ2) is 8.59. The van der Waals surface area contributed by atoms with Crippen molar-refractivity contribution in [2.45, 2.75) is 31.7 Å². The Morgan fingerprint density at radius 3 is 2.34 bits per heavy atom. The Morgan fingerprint density at radius 2 is 1.66 bits per heavy atom. The summed E-state index contributed by atoms with van der Waals surface area (Å²) in [6, 6.07) is 20.2. The molecular formula is C23H26N4O2. The number of likely N-dealkylation sites (tertiary alicyclic amines) is 1. The fourth-order valence-electron chi connectivity index (χ4n) is 3.73. The molecule has 0 saturated carbocycles. The molecule has 3 aromatic rings. The van der Waals surface area contributed by atoms with Crippen LogP contribution in [0, 0.1) is 0 Å². The number of β-amino-alcohol motifs (C(OH)–C–C–N with tert-alkyl or cyclic N) is 1. The summed E-state index contributed by atoms with van der Waals surface area (Å²) < 4.78 is 1.85. The number of benzene rings is 2. The number of carbonyl (C=O) groups excluding carboxylic acids is 1. The quantitative estimate of drug-likeness (QED) is 0.649. The van der Waals surface area contributed by atoms with E-state index in [1.54, 1.807) is 6.20 Å². The Labute approximate surface area is 170 Å². The maximum absolute atomic E-state index is 12.6. The summed E-state index contributed by atoms with van der Waals surface area (Å²) in [6.07, 6.45) is 4.12. The third kappa shape index (κ3) is 4.91. The van der Waals surface area contributed by atoms with E-state index in [4.69, 9.17) is 0 Å². The Bertz CT molecular complexity index is 942. The second-order valence-electron chi connectivity index (χ2n) is 7.69. The van der Waals surface area contributed by atoms with Crippen molar-refractivity contribution < 1.29 is 9.90 Å². The summed E-state index contributed by atoms with van der Waals surface area (Å²) in [7, 11) is 0. The minimum atomic E-state index is -1.34. The first-order valence-corrected chi connectivity index (χ1v) is 9.93. The Balaban J connectivity index is 1.28. The van der Waals surface area contributed by atoms with Crippen LogP contribution in [-0.2, 0) is 24.4 Å². The fraction of sp³-hybridized carbons (Fsp3) is 0.304. The van der Waals surface area contributed by atoms with Crippen LogP contribution in [0.15, 0.2) is 73.1 Å². The largest absolute Gasteiger partial charge is 0.379 e. The lowest BCUT2D eigenvalue weighted by Gasteiger charge is -2.22. The molecule has 0 radical (unpaired) electrons. The Morgan fingerprint density at radius 1 is 1.00 bits per heavy atom. The topological polar surface area (TPSA) is 70.4 Å². The zero-order chi connectivity index (χ0) is 20.1. The van der Waals surface area contributed by atoms with Crippen molar-refractivity contribution in [1.29, 1.82) is 0 Å². The van der Waals surface area contributed by atoms with Crippen molar-refractivity contribution in [2.24, 2.45) is 0 Å². The zero-order valence-corrected chi connectivity index (χ0v) is 16.4. The van der Waals surface area contributed by atoms with Gasteiger partial charge in [-0.1, -0.05) is 60.7 Å². The van der Waals surface area contributed by atoms with Crippen LogP contribution >= 0.6 is 0 Å². The van der Waals surface area contributed by atoms with Crippen molar-refractivity contribution in [3.8, 4) is 0 Å². The van der Waals surface area contributed by atoms with Gasteiger partial charge in [-0.2, -0.15) is 5.10 Å². The van der Waals surface area contributed by atoms with Gasteiger partial charge in [0.15, 0.2) is 5.60 Å². The van der Waals surface area contributed by atoms with E-state index in [1.807, 2.05) is 47.3 Å². The highest BCUT2D eigenvalue weighted by molar-refractivity contribution is 5.85. The van der Waals surface area contributed by atoms with Crippen molar-refractivity contribution in [3.05, 3.63) is 89.7 Å². The predicted molar refractivity (Wildman–Crippen MR) is 111 cm³/mol. The van der Waals surface area contributed by atoms with Gasteiger partial charge in [-0.3, -0.25) is 14.4 Å². The van der Waals surface area contributed by atoms with Crippen LogP contribution in [0.4, 0.5) is 0 Å². The van der Waals surface area contributed by atoms with Gasteiger partial charge < -0.3 is 10.4 Å². The molecule has 2 aromatic carbocycles. The SMILES string of the molecule is O=C(NCc1cnn(Cc2ccccc2)c1)C1(O)CCN(Cc2ccccc2)C1. The normalized spacial score (nSPS) is 19.3. The molecule has 1 aromatic heterocycles. The number of carbonyl (C=O) groups is 1. The van der Waals surface area contributed by atoms with E-state index < -0.39 is 5.60 Å². The van der Waals surface area contributed by atoms with Crippen molar-refractivity contribution >= 4 is 5.91 Å². The standard InChI is InChI=1S/C23H26N4O2/c28-22(23(29)11-12-26(18-23)15-19-7-3-1-4-8-19)24-13-21-14-25-27(17-21)16-20-9-5-2-6-10-20/h1-10,14,17,29H,11-13,15-16,18H2,(H,24,28). The summed E-state index contributed by atoms with van der Waals surface area (Å²) in [5.41, 5.74) is 1.93. The molecule has 2 N–H and O–H groups in total. The lowest BCUT2D eigenvalue weighted by Crippen LogP contribution is -2.48. The van der Waals surface area contributed by atoms with E-state index in [2.05, 4.69) is 39.6 Å². The third-order valence-corrected chi connectivity index (χ3v) is 5.33. The minimum Gasteiger partial charge on any atom is -0.379 e. The first-order chi connectivity index (χ1) is 14.1. The molecule has 0 bridgehead atoms. The van der Waals surface area contributed by atoms with Crippen LogP contribution in [0.5, 0.6) is 0 Å². The highest BCUT2D eigenvalue weighted by atomic mass is 16.3. The molecule has 6 nitrogen and oxygen atoms in total. The van der Waals surface area contributed by atoms with Gasteiger partial charge in [-0.15, -0.1) is 0 Å². The van der Waals surface area contributed by atoms with Gasteiger partial charge in [0.1, 0.15) is 0 Å². The third-order valence-electron chi connectivity index (χ3n) is 5.33. The van der Waals surface area contributed by atoms with Crippen LogP contribution in [0.1, 0.15) is 23.1 Å². The smallest absolute Gasteiger partial charge is 0.253 e. The number of hydrogen-bond acceptors (Lipinski definition) is 4. The summed E-state index contributed by atoms with van der Waals surface area (Å²) in [5.74, 6) is -0.316. The van der Waals surface area contributed by atoms with E-state index in [0.29, 0.717) is 32.6 Å².